The van der Waals surface area contributed by atoms with Crippen LogP contribution in [0.4, 0.5) is 28.4 Å². The van der Waals surface area contributed by atoms with E-state index < -0.39 is 0 Å². The van der Waals surface area contributed by atoms with E-state index in [4.69, 9.17) is 17.2 Å². The molecule has 0 aromatic heterocycles. The molecule has 10 heteroatoms. The van der Waals surface area contributed by atoms with E-state index in [1.165, 1.54) is 19.7 Å². The van der Waals surface area contributed by atoms with Crippen molar-refractivity contribution in [2.45, 2.75) is 61.3 Å². The van der Waals surface area contributed by atoms with Gasteiger partial charge in [0.05, 0.1) is 0 Å². The topological polar surface area (TPSA) is 166 Å². The van der Waals surface area contributed by atoms with Crippen molar-refractivity contribution < 1.29 is 62.2 Å². The van der Waals surface area contributed by atoms with E-state index in [0.29, 0.717) is 23.2 Å². The molecule has 0 saturated heterocycles. The predicted octanol–water partition coefficient (Wildman–Crippen LogP) is 11.0. The fourth-order valence-electron chi connectivity index (χ4n) is 4.34. The summed E-state index contributed by atoms with van der Waals surface area (Å²) in [4.78, 5) is 0. The van der Waals surface area contributed by atoms with Crippen LogP contribution in [-0.4, -0.2) is 14.1 Å². The molecule has 4 aromatic carbocycles. The van der Waals surface area contributed by atoms with Gasteiger partial charge >= 0.3 is 0 Å². The molecule has 4 aromatic rings. The molecule has 0 radical (unpaired) electrons. The van der Waals surface area contributed by atoms with Crippen LogP contribution < -0.4 is 44.6 Å². The van der Waals surface area contributed by atoms with Gasteiger partial charge in [-0.25, -0.2) is 0 Å². The largest absolute Gasteiger partial charge is 0.399 e. The van der Waals surface area contributed by atoms with Gasteiger partial charge in [-0.2, -0.15) is 36.4 Å². The van der Waals surface area contributed by atoms with Crippen molar-refractivity contribution in [3.63, 3.8) is 0 Å². The minimum atomic E-state index is 0. The van der Waals surface area contributed by atoms with Crippen molar-refractivity contribution in [1.82, 2.24) is 0 Å². The fraction of sp³-hybridized carbons (Fsp3) is 0.250. The van der Waals surface area contributed by atoms with Gasteiger partial charge in [0.1, 0.15) is 0 Å². The Labute approximate surface area is 399 Å². The average Bonchev–Trinajstić information content (AvgIpc) is 3.22. The summed E-state index contributed by atoms with van der Waals surface area (Å²) in [5.74, 6) is 0.911. The molecule has 0 aliphatic carbocycles. The molecule has 0 spiro atoms. The van der Waals surface area contributed by atoms with Crippen molar-refractivity contribution in [3.8, 4) is 0 Å². The maximum Gasteiger partial charge on any atom is 0.0381 e. The molecular formula is C48H70N8U2-2. The summed E-state index contributed by atoms with van der Waals surface area (Å²) in [5, 5.41) is 9.91. The quantitative estimate of drug-likeness (QED) is 0.0394. The smallest absolute Gasteiger partial charge is 0.0381 e. The molecule has 0 aliphatic heterocycles. The van der Waals surface area contributed by atoms with Gasteiger partial charge in [-0.15, -0.1) is 24.3 Å². The second-order valence-electron chi connectivity index (χ2n) is 12.1. The summed E-state index contributed by atoms with van der Waals surface area (Å²) >= 11 is 0. The Morgan fingerprint density at radius 2 is 1.10 bits per heavy atom. The predicted molar refractivity (Wildman–Crippen MR) is 250 cm³/mol. The third-order valence-corrected chi connectivity index (χ3v) is 7.22. The van der Waals surface area contributed by atoms with Crippen LogP contribution in [0.5, 0.6) is 0 Å². The Bertz CT molecular complexity index is 1730. The first-order chi connectivity index (χ1) is 26.9. The molecule has 0 unspecified atom stereocenters. The standard InChI is InChI=1S/C16H22N2.C16H21N2.C12H11N2.C2H6.2CH5N.2U/c1-5-15(17)9-6-13(4)18-16-10-7-14(8-11-16)12(2)3;1-5-14(11-16(12(2)3)13(4)17)18-15-9-7-6-8-10-15;13-10-6-8-12(9-7-10)14-11-4-2-1-3-5-11;3*1-2;;/h5-12,18H,1,17H2,2-4H3;5,7-12,18H,4,17H2,1-3H3;2-9,14H,13H2;1-2H3;2*2H2,1H3;;/q;2*-1;;;;;/b13-6+,15-9+;14-5+,16-11-;;;;;;. The number of benzene rings is 4. The third-order valence-electron chi connectivity index (χ3n) is 7.22. The summed E-state index contributed by atoms with van der Waals surface area (Å²) in [6.45, 7) is 24.0. The first-order valence-corrected chi connectivity index (χ1v) is 18.8. The van der Waals surface area contributed by atoms with Crippen LogP contribution in [0.3, 0.4) is 0 Å². The molecule has 8 nitrogen and oxygen atoms in total. The van der Waals surface area contributed by atoms with Gasteiger partial charge in [0.2, 0.25) is 0 Å². The van der Waals surface area contributed by atoms with Crippen LogP contribution in [0, 0.1) is 80.3 Å². The summed E-state index contributed by atoms with van der Waals surface area (Å²) in [6.07, 6.45) is 9.46. The summed E-state index contributed by atoms with van der Waals surface area (Å²) in [7, 11) is 3.00. The number of hydrogen-bond acceptors (Lipinski definition) is 8. The summed E-state index contributed by atoms with van der Waals surface area (Å²) in [5.41, 5.74) is 36.7. The van der Waals surface area contributed by atoms with Gasteiger partial charge in [0.25, 0.3) is 0 Å². The fourth-order valence-corrected chi connectivity index (χ4v) is 4.34. The second-order valence-corrected chi connectivity index (χ2v) is 12.1. The van der Waals surface area contributed by atoms with E-state index in [1.807, 2.05) is 125 Å². The molecule has 0 bridgehead atoms. The summed E-state index contributed by atoms with van der Waals surface area (Å²) in [6, 6.07) is 37.5. The molecule has 0 aliphatic rings. The molecule has 13 N–H and O–H groups in total. The number of allylic oxidation sites excluding steroid dienone is 7. The molecule has 0 heterocycles. The molecule has 0 amide bonds. The molecule has 4 rings (SSSR count). The van der Waals surface area contributed by atoms with Crippen molar-refractivity contribution in [3.05, 3.63) is 187 Å². The first-order valence-electron chi connectivity index (χ1n) is 18.8. The second kappa shape index (κ2) is 38.7. The van der Waals surface area contributed by atoms with Crippen molar-refractivity contribution >= 4 is 28.4 Å². The Balaban J connectivity index is -0.000000350. The average molecular weight is 1240 g/mol. The van der Waals surface area contributed by atoms with Gasteiger partial charge in [0.15, 0.2) is 0 Å². The molecule has 0 atom stereocenters. The van der Waals surface area contributed by atoms with Crippen LogP contribution in [0.15, 0.2) is 169 Å². The van der Waals surface area contributed by atoms with Crippen LogP contribution >= 0.6 is 0 Å². The number of rotatable bonds is 12. The Hall–Kier alpha value is -3.86. The van der Waals surface area contributed by atoms with Crippen molar-refractivity contribution in [2.75, 3.05) is 35.8 Å². The van der Waals surface area contributed by atoms with Crippen LogP contribution in [0.25, 0.3) is 0 Å². The number of anilines is 5. The van der Waals surface area contributed by atoms with Gasteiger partial charge in [-0.05, 0) is 112 Å². The Morgan fingerprint density at radius 3 is 1.52 bits per heavy atom. The normalized spacial score (nSPS) is 10.5. The number of nitrogens with one attached hydrogen (secondary N) is 3. The van der Waals surface area contributed by atoms with E-state index in [2.05, 4.69) is 105 Å². The molecule has 0 fully saturated rings. The zero-order chi connectivity index (χ0) is 42.9. The Morgan fingerprint density at radius 1 is 0.672 bits per heavy atom. The maximum absolute atomic E-state index is 5.81. The first kappa shape index (κ1) is 60.8. The molecule has 0 saturated carbocycles. The zero-order valence-electron chi connectivity index (χ0n) is 36.6. The van der Waals surface area contributed by atoms with Gasteiger partial charge < -0.3 is 44.6 Å². The minimum absolute atomic E-state index is 0. The van der Waals surface area contributed by atoms with E-state index in [-0.39, 0.29) is 62.2 Å². The SMILES string of the molecule is C=C(N)/C(=C\C(=C/C)Nc1cc[c-]cc1)C(C)C.C=C/C(N)=C\C=C(/C)Nc1ccc(C(C)C)cc1.CC.CN.CN.Nc1ccc(Nc2cc[c-]cc2)cc1.[U].[U]. The molecule has 58 heavy (non-hydrogen) atoms. The van der Waals surface area contributed by atoms with E-state index >= 15 is 0 Å². The third kappa shape index (κ3) is 28.5. The molecular weight excluding hydrogens is 1160 g/mol. The van der Waals surface area contributed by atoms with Crippen LogP contribution in [-0.2, 0) is 0 Å². The molecule has 312 valence electrons. The number of nitrogen functional groups attached to an aromatic ring is 1. The summed E-state index contributed by atoms with van der Waals surface area (Å²) < 4.78 is 0. The number of nitrogens with two attached hydrogens (primary N) is 5. The van der Waals surface area contributed by atoms with Crippen LogP contribution in [0.1, 0.15) is 66.9 Å². The van der Waals surface area contributed by atoms with Gasteiger partial charge in [-0.1, -0.05) is 84.3 Å². The monoisotopic (exact) mass is 1230 g/mol. The van der Waals surface area contributed by atoms with Crippen molar-refractivity contribution in [2.24, 2.45) is 28.9 Å². The van der Waals surface area contributed by atoms with Crippen molar-refractivity contribution in [1.29, 1.82) is 0 Å². The maximum atomic E-state index is 5.81. The van der Waals surface area contributed by atoms with E-state index in [9.17, 15) is 0 Å². The zero-order valence-corrected chi connectivity index (χ0v) is 44.9. The number of hydrogen-bond donors (Lipinski definition) is 8. The Kier molecular flexibility index (Phi) is 40.5. The van der Waals surface area contributed by atoms with Gasteiger partial charge in [0, 0.05) is 102 Å². The van der Waals surface area contributed by atoms with E-state index in [0.717, 1.165) is 45.4 Å². The van der Waals surface area contributed by atoms with Crippen LogP contribution in [0.2, 0.25) is 0 Å². The minimum Gasteiger partial charge on any atom is -0.399 e. The van der Waals surface area contributed by atoms with E-state index in [1.54, 1.807) is 6.08 Å². The van der Waals surface area contributed by atoms with Gasteiger partial charge in [-0.3, -0.25) is 0 Å².